The number of piperidine rings is 1. The van der Waals surface area contributed by atoms with E-state index in [-0.39, 0.29) is 29.6 Å². The molecule has 202 valence electrons. The van der Waals surface area contributed by atoms with E-state index in [9.17, 15) is 23.6 Å². The number of carbonyl (C=O) groups excluding carboxylic acids is 4. The molecule has 2 saturated heterocycles. The highest BCUT2D eigenvalue weighted by Crippen LogP contribution is 2.47. The molecule has 0 spiro atoms. The molecule has 5 atom stereocenters. The first-order valence-electron chi connectivity index (χ1n) is 12.7. The van der Waals surface area contributed by atoms with E-state index in [1.807, 2.05) is 0 Å². The predicted octanol–water partition coefficient (Wildman–Crippen LogP) is 1.76. The van der Waals surface area contributed by atoms with Gasteiger partial charge in [0.25, 0.3) is 5.91 Å². The molecule has 0 aromatic heterocycles. The minimum Gasteiger partial charge on any atom is -0.494 e. The van der Waals surface area contributed by atoms with E-state index >= 15 is 0 Å². The lowest BCUT2D eigenvalue weighted by atomic mass is 9.92. The molecule has 11 heteroatoms. The van der Waals surface area contributed by atoms with Gasteiger partial charge >= 0.3 is 5.97 Å². The number of nitrogens with zero attached hydrogens (tertiary/aromatic N) is 1. The summed E-state index contributed by atoms with van der Waals surface area (Å²) in [6.45, 7) is 6.07. The monoisotopic (exact) mass is 519 g/mol. The second kappa shape index (κ2) is 10.6. The number of hydrogen-bond donors (Lipinski definition) is 2. The van der Waals surface area contributed by atoms with Crippen LogP contribution in [0, 0.1) is 17.7 Å². The first-order valence-corrected chi connectivity index (χ1v) is 12.7. The van der Waals surface area contributed by atoms with Crippen LogP contribution in [0.3, 0.4) is 0 Å². The zero-order chi connectivity index (χ0) is 26.9. The lowest BCUT2D eigenvalue weighted by Gasteiger charge is -2.40. The SMILES string of the molecule is CCO[C@H]1CC(=O)O[C@H]1NC(=O)[C@@]12CC[C@@H](CN1C(=O)[C@@H](NC(=O)c1cccc(OC)c1F)C(C)C)C2. The Kier molecular flexibility index (Phi) is 7.72. The van der Waals surface area contributed by atoms with Gasteiger partial charge in [-0.25, -0.2) is 4.39 Å². The summed E-state index contributed by atoms with van der Waals surface area (Å²) >= 11 is 0. The predicted molar refractivity (Wildman–Crippen MR) is 129 cm³/mol. The number of benzene rings is 1. The Labute approximate surface area is 215 Å². The number of fused-ring (bicyclic) bond motifs is 2. The summed E-state index contributed by atoms with van der Waals surface area (Å²) in [5.74, 6) is -3.10. The van der Waals surface area contributed by atoms with E-state index in [1.165, 1.54) is 30.2 Å². The Bertz CT molecular complexity index is 1080. The van der Waals surface area contributed by atoms with Crippen molar-refractivity contribution in [3.63, 3.8) is 0 Å². The van der Waals surface area contributed by atoms with Crippen molar-refractivity contribution in [2.24, 2.45) is 11.8 Å². The van der Waals surface area contributed by atoms with Gasteiger partial charge in [0.1, 0.15) is 17.7 Å². The Hall–Kier alpha value is -3.21. The van der Waals surface area contributed by atoms with Gasteiger partial charge in [-0.05, 0) is 50.2 Å². The number of cyclic esters (lactones) is 1. The normalized spacial score (nSPS) is 27.2. The van der Waals surface area contributed by atoms with Crippen molar-refractivity contribution in [1.82, 2.24) is 15.5 Å². The molecule has 0 radical (unpaired) electrons. The average molecular weight is 520 g/mol. The average Bonchev–Trinajstić information content (AvgIpc) is 3.56. The molecule has 3 amide bonds. The zero-order valence-electron chi connectivity index (χ0n) is 21.5. The molecule has 3 fully saturated rings. The van der Waals surface area contributed by atoms with E-state index in [4.69, 9.17) is 14.2 Å². The third-order valence-corrected chi connectivity index (χ3v) is 7.50. The third kappa shape index (κ3) is 5.01. The van der Waals surface area contributed by atoms with Crippen LogP contribution in [-0.4, -0.2) is 72.8 Å². The van der Waals surface area contributed by atoms with Gasteiger partial charge in [0, 0.05) is 13.2 Å². The fraction of sp³-hybridized carbons (Fsp3) is 0.615. The Morgan fingerprint density at radius 3 is 2.70 bits per heavy atom. The number of likely N-dealkylation sites (tertiary alicyclic amines) is 1. The van der Waals surface area contributed by atoms with Crippen molar-refractivity contribution in [3.8, 4) is 5.75 Å². The van der Waals surface area contributed by atoms with Crippen LogP contribution in [-0.2, 0) is 23.9 Å². The molecule has 2 heterocycles. The Morgan fingerprint density at radius 1 is 1.30 bits per heavy atom. The lowest BCUT2D eigenvalue weighted by molar-refractivity contribution is -0.153. The Morgan fingerprint density at radius 2 is 2.05 bits per heavy atom. The molecule has 2 bridgehead atoms. The highest BCUT2D eigenvalue weighted by atomic mass is 19.1. The summed E-state index contributed by atoms with van der Waals surface area (Å²) in [4.78, 5) is 53.8. The standard InChI is InChI=1S/C26H34FN3O7/c1-5-36-18-11-19(31)37-23(18)29-25(34)26-10-9-15(12-26)13-30(26)24(33)21(14(2)3)28-22(32)16-7-6-8-17(35-4)20(16)27/h6-8,14-15,18,21,23H,5,9-13H2,1-4H3,(H,28,32)(H,29,34)/t15-,18+,21+,23-,26+/m1/s1. The number of amides is 3. The van der Waals surface area contributed by atoms with Crippen molar-refractivity contribution in [3.05, 3.63) is 29.6 Å². The van der Waals surface area contributed by atoms with Crippen LogP contribution < -0.4 is 15.4 Å². The highest BCUT2D eigenvalue weighted by Gasteiger charge is 2.59. The number of halogens is 1. The summed E-state index contributed by atoms with van der Waals surface area (Å²) < 4.78 is 30.5. The second-order valence-corrected chi connectivity index (χ2v) is 10.2. The molecular weight excluding hydrogens is 485 g/mol. The molecule has 1 aromatic rings. The summed E-state index contributed by atoms with van der Waals surface area (Å²) in [6, 6.07) is 3.23. The Balaban J connectivity index is 1.53. The molecule has 3 aliphatic rings. The largest absolute Gasteiger partial charge is 0.494 e. The van der Waals surface area contributed by atoms with E-state index in [2.05, 4.69) is 10.6 Å². The topological polar surface area (TPSA) is 123 Å². The molecular formula is C26H34FN3O7. The van der Waals surface area contributed by atoms with Gasteiger partial charge in [0.05, 0.1) is 19.1 Å². The number of methoxy groups -OCH3 is 1. The first-order chi connectivity index (χ1) is 17.6. The van der Waals surface area contributed by atoms with Crippen molar-refractivity contribution in [2.75, 3.05) is 20.3 Å². The van der Waals surface area contributed by atoms with Gasteiger partial charge in [0.2, 0.25) is 18.0 Å². The van der Waals surface area contributed by atoms with E-state index < -0.39 is 53.4 Å². The molecule has 4 rings (SSSR count). The molecule has 10 nitrogen and oxygen atoms in total. The van der Waals surface area contributed by atoms with Crippen LogP contribution >= 0.6 is 0 Å². The van der Waals surface area contributed by atoms with Gasteiger partial charge in [0.15, 0.2) is 11.6 Å². The molecule has 37 heavy (non-hydrogen) atoms. The molecule has 1 aliphatic carbocycles. The van der Waals surface area contributed by atoms with Gasteiger partial charge in [-0.15, -0.1) is 0 Å². The third-order valence-electron chi connectivity index (χ3n) is 7.50. The van der Waals surface area contributed by atoms with E-state index in [1.54, 1.807) is 20.8 Å². The molecule has 1 aromatic carbocycles. The van der Waals surface area contributed by atoms with Crippen LogP contribution in [0.2, 0.25) is 0 Å². The minimum atomic E-state index is -1.12. The van der Waals surface area contributed by atoms with Crippen LogP contribution in [0.5, 0.6) is 5.75 Å². The van der Waals surface area contributed by atoms with Gasteiger partial charge in [-0.1, -0.05) is 19.9 Å². The van der Waals surface area contributed by atoms with Crippen LogP contribution in [0.1, 0.15) is 56.8 Å². The number of nitrogens with one attached hydrogen (secondary N) is 2. The van der Waals surface area contributed by atoms with Crippen molar-refractivity contribution in [1.29, 1.82) is 0 Å². The molecule has 2 aliphatic heterocycles. The minimum absolute atomic E-state index is 0.0410. The van der Waals surface area contributed by atoms with E-state index in [0.29, 0.717) is 26.0 Å². The number of hydrogen-bond acceptors (Lipinski definition) is 7. The summed E-state index contributed by atoms with van der Waals surface area (Å²) in [5, 5.41) is 5.47. The smallest absolute Gasteiger partial charge is 0.310 e. The second-order valence-electron chi connectivity index (χ2n) is 10.2. The van der Waals surface area contributed by atoms with Crippen LogP contribution in [0.15, 0.2) is 18.2 Å². The zero-order valence-corrected chi connectivity index (χ0v) is 21.5. The fourth-order valence-electron chi connectivity index (χ4n) is 5.62. The molecule has 1 saturated carbocycles. The van der Waals surface area contributed by atoms with Crippen molar-refractivity contribution < 1.29 is 37.8 Å². The summed E-state index contributed by atoms with van der Waals surface area (Å²) in [5.41, 5.74) is -1.36. The number of rotatable bonds is 9. The highest BCUT2D eigenvalue weighted by molar-refractivity contribution is 6.00. The van der Waals surface area contributed by atoms with Gasteiger partial charge in [-0.2, -0.15) is 0 Å². The van der Waals surface area contributed by atoms with Crippen LogP contribution in [0.25, 0.3) is 0 Å². The van der Waals surface area contributed by atoms with Gasteiger partial charge < -0.3 is 29.7 Å². The number of ether oxygens (including phenoxy) is 3. The first kappa shape index (κ1) is 26.8. The van der Waals surface area contributed by atoms with E-state index in [0.717, 1.165) is 6.42 Å². The molecule has 2 N–H and O–H groups in total. The number of carbonyl (C=O) groups is 4. The molecule has 0 unspecified atom stereocenters. The summed E-state index contributed by atoms with van der Waals surface area (Å²) in [6.07, 6.45) is 0.235. The quantitative estimate of drug-likeness (QED) is 0.477. The number of esters is 1. The maximum atomic E-state index is 14.7. The van der Waals surface area contributed by atoms with Crippen molar-refractivity contribution in [2.45, 2.75) is 70.4 Å². The summed E-state index contributed by atoms with van der Waals surface area (Å²) in [7, 11) is 1.30. The fourth-order valence-corrected chi connectivity index (χ4v) is 5.62. The lowest BCUT2D eigenvalue weighted by Crippen LogP contribution is -2.63. The van der Waals surface area contributed by atoms with Crippen LogP contribution in [0.4, 0.5) is 4.39 Å². The maximum Gasteiger partial charge on any atom is 0.310 e. The maximum absolute atomic E-state index is 14.7. The van der Waals surface area contributed by atoms with Gasteiger partial charge in [-0.3, -0.25) is 19.2 Å². The van der Waals surface area contributed by atoms with Crippen molar-refractivity contribution >= 4 is 23.7 Å².